The smallest absolute Gasteiger partial charge is 0.247 e. The molecule has 2 aromatic rings. The first-order valence-corrected chi connectivity index (χ1v) is 7.05. The van der Waals surface area contributed by atoms with Crippen molar-refractivity contribution in [1.82, 2.24) is 15.2 Å². The highest BCUT2D eigenvalue weighted by Gasteiger charge is 2.06. The lowest BCUT2D eigenvalue weighted by Gasteiger charge is -2.16. The van der Waals surface area contributed by atoms with Gasteiger partial charge in [-0.05, 0) is 18.6 Å². The van der Waals surface area contributed by atoms with E-state index in [-0.39, 0.29) is 0 Å². The predicted octanol–water partition coefficient (Wildman–Crippen LogP) is 2.86. The molecule has 1 aromatic carbocycles. The Balaban J connectivity index is 2.09. The van der Waals surface area contributed by atoms with Crippen LogP contribution in [0.1, 0.15) is 19.8 Å². The number of benzene rings is 1. The number of aromatic nitrogens is 3. The molecule has 0 aliphatic heterocycles. The summed E-state index contributed by atoms with van der Waals surface area (Å²) in [5.74, 6) is 2.08. The number of anilines is 3. The summed E-state index contributed by atoms with van der Waals surface area (Å²) >= 11 is 0. The number of rotatable bonds is 7. The molecule has 0 atom stereocenters. The highest BCUT2D eigenvalue weighted by molar-refractivity contribution is 5.58. The lowest BCUT2D eigenvalue weighted by Crippen LogP contribution is -2.21. The Kier molecular flexibility index (Phi) is 5.31. The van der Waals surface area contributed by atoms with Crippen LogP contribution >= 0.6 is 0 Å². The fraction of sp³-hybridized carbons (Fsp3) is 0.400. The quantitative estimate of drug-likeness (QED) is 0.845. The predicted molar refractivity (Wildman–Crippen MR) is 84.3 cm³/mol. The minimum Gasteiger partial charge on any atom is -0.497 e. The van der Waals surface area contributed by atoms with Gasteiger partial charge in [0.2, 0.25) is 5.95 Å². The molecule has 0 spiro atoms. The van der Waals surface area contributed by atoms with Gasteiger partial charge in [0.15, 0.2) is 5.82 Å². The van der Waals surface area contributed by atoms with Gasteiger partial charge < -0.3 is 15.0 Å². The minimum atomic E-state index is 0.622. The van der Waals surface area contributed by atoms with Gasteiger partial charge in [0, 0.05) is 25.3 Å². The average Bonchev–Trinajstić information content (AvgIpc) is 2.53. The zero-order valence-corrected chi connectivity index (χ0v) is 12.7. The second-order valence-corrected chi connectivity index (χ2v) is 4.77. The largest absolute Gasteiger partial charge is 0.497 e. The molecule has 0 unspecified atom stereocenters. The first-order valence-electron chi connectivity index (χ1n) is 7.05. The van der Waals surface area contributed by atoms with Crippen molar-refractivity contribution in [2.45, 2.75) is 19.8 Å². The van der Waals surface area contributed by atoms with Gasteiger partial charge >= 0.3 is 0 Å². The maximum absolute atomic E-state index is 5.20. The summed E-state index contributed by atoms with van der Waals surface area (Å²) in [6, 6.07) is 7.67. The molecule has 1 heterocycles. The topological polar surface area (TPSA) is 63.2 Å². The minimum absolute atomic E-state index is 0.622. The molecule has 0 fully saturated rings. The van der Waals surface area contributed by atoms with E-state index < -0.39 is 0 Å². The summed E-state index contributed by atoms with van der Waals surface area (Å²) < 4.78 is 5.20. The Hall–Kier alpha value is -2.37. The molecular formula is C15H21N5O. The number of ether oxygens (including phenoxy) is 1. The van der Waals surface area contributed by atoms with Crippen LogP contribution in [-0.2, 0) is 0 Å². The lowest BCUT2D eigenvalue weighted by atomic mass is 10.3. The van der Waals surface area contributed by atoms with E-state index in [0.29, 0.717) is 11.8 Å². The maximum Gasteiger partial charge on any atom is 0.247 e. The van der Waals surface area contributed by atoms with Gasteiger partial charge in [-0.1, -0.05) is 19.4 Å². The number of methoxy groups -OCH3 is 1. The van der Waals surface area contributed by atoms with Gasteiger partial charge in [0.1, 0.15) is 5.75 Å². The molecule has 0 radical (unpaired) electrons. The molecule has 0 aliphatic carbocycles. The second-order valence-electron chi connectivity index (χ2n) is 4.77. The van der Waals surface area contributed by atoms with Gasteiger partial charge in [-0.3, -0.25) is 0 Å². The van der Waals surface area contributed by atoms with E-state index in [0.717, 1.165) is 30.8 Å². The SMILES string of the molecule is CCCCN(C)c1nncc(Nc2cccc(OC)c2)n1. The van der Waals surface area contributed by atoms with Crippen molar-refractivity contribution >= 4 is 17.5 Å². The van der Waals surface area contributed by atoms with Crippen molar-refractivity contribution in [1.29, 1.82) is 0 Å². The Bertz CT molecular complexity index is 575. The lowest BCUT2D eigenvalue weighted by molar-refractivity contribution is 0.415. The monoisotopic (exact) mass is 287 g/mol. The van der Waals surface area contributed by atoms with Crippen LogP contribution in [0.15, 0.2) is 30.5 Å². The fourth-order valence-corrected chi connectivity index (χ4v) is 1.86. The highest BCUT2D eigenvalue weighted by atomic mass is 16.5. The van der Waals surface area contributed by atoms with Crippen LogP contribution in [0.4, 0.5) is 17.5 Å². The number of nitrogens with one attached hydrogen (secondary N) is 1. The van der Waals surface area contributed by atoms with E-state index in [4.69, 9.17) is 4.74 Å². The van der Waals surface area contributed by atoms with Crippen molar-refractivity contribution in [3.8, 4) is 5.75 Å². The number of nitrogens with zero attached hydrogens (tertiary/aromatic N) is 4. The van der Waals surface area contributed by atoms with Crippen LogP contribution in [0.5, 0.6) is 5.75 Å². The van der Waals surface area contributed by atoms with E-state index in [9.17, 15) is 0 Å². The van der Waals surface area contributed by atoms with Crippen molar-refractivity contribution in [2.75, 3.05) is 30.9 Å². The van der Waals surface area contributed by atoms with Crippen LogP contribution in [0, 0.1) is 0 Å². The maximum atomic E-state index is 5.20. The average molecular weight is 287 g/mol. The van der Waals surface area contributed by atoms with Crippen molar-refractivity contribution in [3.63, 3.8) is 0 Å². The summed E-state index contributed by atoms with van der Waals surface area (Å²) in [6.45, 7) is 3.08. The first-order chi connectivity index (χ1) is 10.2. The van der Waals surface area contributed by atoms with Gasteiger partial charge in [-0.15, -0.1) is 5.10 Å². The van der Waals surface area contributed by atoms with Crippen LogP contribution in [-0.4, -0.2) is 35.9 Å². The molecule has 0 aliphatic rings. The Morgan fingerprint density at radius 2 is 2.19 bits per heavy atom. The third kappa shape index (κ3) is 4.30. The number of hydrogen-bond donors (Lipinski definition) is 1. The number of hydrogen-bond acceptors (Lipinski definition) is 6. The van der Waals surface area contributed by atoms with Crippen molar-refractivity contribution in [3.05, 3.63) is 30.5 Å². The summed E-state index contributed by atoms with van der Waals surface area (Å²) in [4.78, 5) is 6.48. The molecule has 0 saturated heterocycles. The second kappa shape index (κ2) is 7.42. The Morgan fingerprint density at radius 1 is 1.33 bits per heavy atom. The molecular weight excluding hydrogens is 266 g/mol. The molecule has 6 heteroatoms. The van der Waals surface area contributed by atoms with Crippen LogP contribution in [0.3, 0.4) is 0 Å². The van der Waals surface area contributed by atoms with E-state index in [1.807, 2.05) is 36.2 Å². The third-order valence-electron chi connectivity index (χ3n) is 3.08. The molecule has 21 heavy (non-hydrogen) atoms. The zero-order valence-electron chi connectivity index (χ0n) is 12.7. The van der Waals surface area contributed by atoms with Crippen LogP contribution in [0.2, 0.25) is 0 Å². The molecule has 1 N–H and O–H groups in total. The van der Waals surface area contributed by atoms with E-state index >= 15 is 0 Å². The molecule has 0 amide bonds. The van der Waals surface area contributed by atoms with Gasteiger partial charge in [0.25, 0.3) is 0 Å². The standard InChI is InChI=1S/C15H21N5O/c1-4-5-9-20(2)15-18-14(11-16-19-15)17-12-7-6-8-13(10-12)21-3/h6-8,10-11H,4-5,9H2,1-3H3,(H,17,18,19). The zero-order chi connectivity index (χ0) is 15.1. The molecule has 0 saturated carbocycles. The fourth-order valence-electron chi connectivity index (χ4n) is 1.86. The van der Waals surface area contributed by atoms with Gasteiger partial charge in [0.05, 0.1) is 13.3 Å². The summed E-state index contributed by atoms with van der Waals surface area (Å²) in [5, 5.41) is 11.3. The Labute approximate surface area is 125 Å². The molecule has 2 rings (SSSR count). The molecule has 0 bridgehead atoms. The van der Waals surface area contributed by atoms with Crippen LogP contribution in [0.25, 0.3) is 0 Å². The normalized spacial score (nSPS) is 10.2. The third-order valence-corrected chi connectivity index (χ3v) is 3.08. The molecule has 112 valence electrons. The van der Waals surface area contributed by atoms with Crippen LogP contribution < -0.4 is 15.0 Å². The van der Waals surface area contributed by atoms with Crippen molar-refractivity contribution in [2.24, 2.45) is 0 Å². The first kappa shape index (κ1) is 15.0. The highest BCUT2D eigenvalue weighted by Crippen LogP contribution is 2.20. The van der Waals surface area contributed by atoms with E-state index in [1.165, 1.54) is 0 Å². The molecule has 6 nitrogen and oxygen atoms in total. The number of unbranched alkanes of at least 4 members (excludes halogenated alkanes) is 1. The van der Waals surface area contributed by atoms with Crippen molar-refractivity contribution < 1.29 is 4.74 Å². The van der Waals surface area contributed by atoms with E-state index in [2.05, 4.69) is 27.4 Å². The molecule has 1 aromatic heterocycles. The summed E-state index contributed by atoms with van der Waals surface area (Å²) in [5.41, 5.74) is 0.900. The summed E-state index contributed by atoms with van der Waals surface area (Å²) in [6.07, 6.45) is 3.85. The van der Waals surface area contributed by atoms with E-state index in [1.54, 1.807) is 13.3 Å². The Morgan fingerprint density at radius 3 is 2.95 bits per heavy atom. The van der Waals surface area contributed by atoms with Gasteiger partial charge in [-0.2, -0.15) is 10.1 Å². The van der Waals surface area contributed by atoms with Gasteiger partial charge in [-0.25, -0.2) is 0 Å². The summed E-state index contributed by atoms with van der Waals surface area (Å²) in [7, 11) is 3.62.